The lowest BCUT2D eigenvalue weighted by Crippen LogP contribution is -3.08. The molecule has 0 saturated carbocycles. The highest BCUT2D eigenvalue weighted by atomic mass is 16.5. The molecule has 2 rings (SSSR count). The Morgan fingerprint density at radius 1 is 1.00 bits per heavy atom. The molecular formula is C21H29N2O4+. The highest BCUT2D eigenvalue weighted by molar-refractivity contribution is 5.77. The summed E-state index contributed by atoms with van der Waals surface area (Å²) >= 11 is 0. The highest BCUT2D eigenvalue weighted by Crippen LogP contribution is 2.29. The Hall–Kier alpha value is -2.73. The summed E-state index contributed by atoms with van der Waals surface area (Å²) in [6.45, 7) is 3.07. The predicted octanol–water partition coefficient (Wildman–Crippen LogP) is 1.60. The number of benzene rings is 2. The number of ether oxygens (including phenoxy) is 3. The summed E-state index contributed by atoms with van der Waals surface area (Å²) in [5, 5.41) is 3.04. The van der Waals surface area contributed by atoms with E-state index in [9.17, 15) is 4.79 Å². The summed E-state index contributed by atoms with van der Waals surface area (Å²) in [4.78, 5) is 13.6. The average Bonchev–Trinajstić information content (AvgIpc) is 2.67. The van der Waals surface area contributed by atoms with E-state index in [0.717, 1.165) is 39.8 Å². The van der Waals surface area contributed by atoms with Crippen LogP contribution in [0.25, 0.3) is 0 Å². The molecule has 2 aromatic rings. The minimum Gasteiger partial charge on any atom is -0.497 e. The first-order chi connectivity index (χ1) is 13.0. The van der Waals surface area contributed by atoms with Crippen molar-refractivity contribution in [1.82, 2.24) is 5.32 Å². The van der Waals surface area contributed by atoms with E-state index in [1.54, 1.807) is 21.3 Å². The van der Waals surface area contributed by atoms with Gasteiger partial charge < -0.3 is 24.4 Å². The molecule has 0 radical (unpaired) electrons. The number of quaternary nitrogens is 1. The first kappa shape index (κ1) is 20.6. The normalized spacial score (nSPS) is 12.8. The fourth-order valence-electron chi connectivity index (χ4n) is 2.98. The molecule has 0 aliphatic heterocycles. The molecule has 2 aromatic carbocycles. The van der Waals surface area contributed by atoms with Crippen LogP contribution >= 0.6 is 0 Å². The van der Waals surface area contributed by atoms with Crippen molar-refractivity contribution in [2.75, 3.05) is 34.9 Å². The number of likely N-dealkylation sites (N-methyl/N-ethyl adjacent to an activating group) is 1. The number of carbonyl (C=O) groups excluding carboxylic acids is 1. The first-order valence-electron chi connectivity index (χ1n) is 8.92. The lowest BCUT2D eigenvalue weighted by Gasteiger charge is -2.20. The van der Waals surface area contributed by atoms with Crippen LogP contribution in [-0.4, -0.2) is 40.8 Å². The minimum atomic E-state index is -0.184. The molecule has 1 amide bonds. The second-order valence-corrected chi connectivity index (χ2v) is 6.56. The average molecular weight is 373 g/mol. The molecule has 0 aliphatic rings. The van der Waals surface area contributed by atoms with Gasteiger partial charge in [-0.25, -0.2) is 0 Å². The zero-order chi connectivity index (χ0) is 19.8. The summed E-state index contributed by atoms with van der Waals surface area (Å²) in [6, 6.07) is 13.3. The van der Waals surface area contributed by atoms with E-state index in [0.29, 0.717) is 6.54 Å². The third kappa shape index (κ3) is 5.89. The van der Waals surface area contributed by atoms with Gasteiger partial charge in [0.1, 0.15) is 23.8 Å². The van der Waals surface area contributed by atoms with Gasteiger partial charge in [0.05, 0.1) is 34.4 Å². The molecular weight excluding hydrogens is 344 g/mol. The van der Waals surface area contributed by atoms with E-state index < -0.39 is 0 Å². The minimum absolute atomic E-state index is 0.0154. The molecule has 0 saturated heterocycles. The Kier molecular flexibility index (Phi) is 7.49. The van der Waals surface area contributed by atoms with Gasteiger partial charge in [0, 0.05) is 11.1 Å². The SMILES string of the molecule is COc1ccc(C[NH+](C)CC(=O)N[C@H](C)c2cc(OC)ccc2OC)cc1. The van der Waals surface area contributed by atoms with Crippen molar-refractivity contribution < 1.29 is 23.9 Å². The second kappa shape index (κ2) is 9.83. The Morgan fingerprint density at radius 3 is 2.22 bits per heavy atom. The molecule has 6 heteroatoms. The monoisotopic (exact) mass is 373 g/mol. The molecule has 0 fully saturated rings. The predicted molar refractivity (Wildman–Crippen MR) is 105 cm³/mol. The maximum atomic E-state index is 12.5. The van der Waals surface area contributed by atoms with Gasteiger partial charge in [0.15, 0.2) is 6.54 Å². The van der Waals surface area contributed by atoms with Crippen LogP contribution in [-0.2, 0) is 11.3 Å². The standard InChI is InChI=1S/C21H28N2O4/c1-15(19-12-18(26-4)10-11-20(19)27-5)22-21(24)14-23(2)13-16-6-8-17(25-3)9-7-16/h6-12,15H,13-14H2,1-5H3,(H,22,24)/p+1/t15-/m1/s1. The molecule has 6 nitrogen and oxygen atoms in total. The number of amides is 1. The Balaban J connectivity index is 1.93. The van der Waals surface area contributed by atoms with Crippen molar-refractivity contribution in [2.24, 2.45) is 0 Å². The van der Waals surface area contributed by atoms with E-state index in [1.165, 1.54) is 0 Å². The van der Waals surface area contributed by atoms with Crippen LogP contribution in [0.3, 0.4) is 0 Å². The van der Waals surface area contributed by atoms with Crippen molar-refractivity contribution in [2.45, 2.75) is 19.5 Å². The summed E-state index contributed by atoms with van der Waals surface area (Å²) in [6.07, 6.45) is 0. The summed E-state index contributed by atoms with van der Waals surface area (Å²) in [5.74, 6) is 2.27. The van der Waals surface area contributed by atoms with Crippen molar-refractivity contribution in [3.05, 3.63) is 53.6 Å². The Bertz CT molecular complexity index is 746. The molecule has 0 spiro atoms. The molecule has 0 aliphatic carbocycles. The first-order valence-corrected chi connectivity index (χ1v) is 8.92. The second-order valence-electron chi connectivity index (χ2n) is 6.56. The van der Waals surface area contributed by atoms with Crippen LogP contribution in [0.15, 0.2) is 42.5 Å². The van der Waals surface area contributed by atoms with Gasteiger partial charge in [-0.2, -0.15) is 0 Å². The molecule has 0 bridgehead atoms. The fraction of sp³-hybridized carbons (Fsp3) is 0.381. The van der Waals surface area contributed by atoms with Gasteiger partial charge in [0.2, 0.25) is 0 Å². The smallest absolute Gasteiger partial charge is 0.275 e. The number of hydrogen-bond acceptors (Lipinski definition) is 4. The Labute approximate surface area is 161 Å². The number of nitrogens with one attached hydrogen (secondary N) is 2. The summed E-state index contributed by atoms with van der Waals surface area (Å²) < 4.78 is 15.8. The molecule has 2 N–H and O–H groups in total. The lowest BCUT2D eigenvalue weighted by molar-refractivity contribution is -0.885. The van der Waals surface area contributed by atoms with Gasteiger partial charge in [-0.05, 0) is 49.4 Å². The molecule has 0 aromatic heterocycles. The van der Waals surface area contributed by atoms with E-state index in [1.807, 2.05) is 56.4 Å². The van der Waals surface area contributed by atoms with Gasteiger partial charge in [-0.15, -0.1) is 0 Å². The van der Waals surface area contributed by atoms with Crippen LogP contribution in [0.1, 0.15) is 24.1 Å². The zero-order valence-electron chi connectivity index (χ0n) is 16.7. The van der Waals surface area contributed by atoms with E-state index >= 15 is 0 Å². The molecule has 27 heavy (non-hydrogen) atoms. The molecule has 146 valence electrons. The highest BCUT2D eigenvalue weighted by Gasteiger charge is 2.17. The van der Waals surface area contributed by atoms with E-state index in [2.05, 4.69) is 5.32 Å². The van der Waals surface area contributed by atoms with E-state index in [4.69, 9.17) is 14.2 Å². The zero-order valence-corrected chi connectivity index (χ0v) is 16.7. The summed E-state index contributed by atoms with van der Waals surface area (Å²) in [5.41, 5.74) is 2.04. The summed E-state index contributed by atoms with van der Waals surface area (Å²) in [7, 11) is 6.88. The van der Waals surface area contributed by atoms with Gasteiger partial charge in [0.25, 0.3) is 5.91 Å². The third-order valence-corrected chi connectivity index (χ3v) is 4.41. The van der Waals surface area contributed by atoms with Crippen LogP contribution in [0.2, 0.25) is 0 Å². The van der Waals surface area contributed by atoms with Crippen LogP contribution < -0.4 is 24.4 Å². The fourth-order valence-corrected chi connectivity index (χ4v) is 2.98. The number of methoxy groups -OCH3 is 3. The molecule has 0 heterocycles. The maximum Gasteiger partial charge on any atom is 0.275 e. The molecule has 1 unspecified atom stereocenters. The van der Waals surface area contributed by atoms with Crippen molar-refractivity contribution in [3.63, 3.8) is 0 Å². The van der Waals surface area contributed by atoms with E-state index in [-0.39, 0.29) is 11.9 Å². The van der Waals surface area contributed by atoms with Crippen LogP contribution in [0, 0.1) is 0 Å². The largest absolute Gasteiger partial charge is 0.497 e. The van der Waals surface area contributed by atoms with Crippen molar-refractivity contribution >= 4 is 5.91 Å². The third-order valence-electron chi connectivity index (χ3n) is 4.41. The maximum absolute atomic E-state index is 12.5. The van der Waals surface area contributed by atoms with Gasteiger partial charge in [-0.1, -0.05) is 0 Å². The van der Waals surface area contributed by atoms with Crippen molar-refractivity contribution in [3.8, 4) is 17.2 Å². The topological polar surface area (TPSA) is 61.2 Å². The van der Waals surface area contributed by atoms with Crippen molar-refractivity contribution in [1.29, 1.82) is 0 Å². The Morgan fingerprint density at radius 2 is 1.63 bits per heavy atom. The van der Waals surface area contributed by atoms with Gasteiger partial charge >= 0.3 is 0 Å². The number of rotatable bonds is 9. The molecule has 2 atom stereocenters. The quantitative estimate of drug-likeness (QED) is 0.701. The van der Waals surface area contributed by atoms with Crippen LogP contribution in [0.5, 0.6) is 17.2 Å². The number of hydrogen-bond donors (Lipinski definition) is 2. The van der Waals surface area contributed by atoms with Crippen LogP contribution in [0.4, 0.5) is 0 Å². The van der Waals surface area contributed by atoms with Gasteiger partial charge in [-0.3, -0.25) is 4.79 Å². The number of carbonyl (C=O) groups is 1. The lowest BCUT2D eigenvalue weighted by atomic mass is 10.1.